The van der Waals surface area contributed by atoms with Gasteiger partial charge in [-0.05, 0) is 106 Å². The van der Waals surface area contributed by atoms with Crippen molar-refractivity contribution in [3.8, 4) is 0 Å². The maximum atomic E-state index is 14.0. The van der Waals surface area contributed by atoms with Gasteiger partial charge < -0.3 is 0 Å². The fourth-order valence-electron chi connectivity index (χ4n) is 8.05. The predicted octanol–water partition coefficient (Wildman–Crippen LogP) is 12.4. The summed E-state index contributed by atoms with van der Waals surface area (Å²) in [7, 11) is 0. The summed E-state index contributed by atoms with van der Waals surface area (Å²) in [5.41, 5.74) is 2.07. The third kappa shape index (κ3) is 4.42. The highest BCUT2D eigenvalue weighted by Gasteiger charge is 2.40. The number of benzene rings is 4. The molecule has 4 aromatic heterocycles. The molecule has 4 heterocycles. The van der Waals surface area contributed by atoms with E-state index in [2.05, 4.69) is 13.8 Å². The maximum absolute atomic E-state index is 14.0. The molecule has 12 heteroatoms. The van der Waals surface area contributed by atoms with Crippen LogP contribution in [-0.2, 0) is 5.41 Å². The Kier molecular flexibility index (Phi) is 6.52. The molecule has 0 saturated heterocycles. The zero-order chi connectivity index (χ0) is 38.0. The van der Waals surface area contributed by atoms with Crippen LogP contribution in [0.15, 0.2) is 77.4 Å². The first-order valence-corrected chi connectivity index (χ1v) is 20.1. The Labute approximate surface area is 322 Å². The molecule has 11 rings (SSSR count). The lowest BCUT2D eigenvalue weighted by Crippen LogP contribution is -2.16. The van der Waals surface area contributed by atoms with Gasteiger partial charge in [-0.1, -0.05) is 13.8 Å². The third-order valence-electron chi connectivity index (χ3n) is 10.9. The quantitative estimate of drug-likeness (QED) is 0.0992. The summed E-state index contributed by atoms with van der Waals surface area (Å²) >= 11 is 6.45. The number of halogens is 4. The molecule has 0 bridgehead atoms. The van der Waals surface area contributed by atoms with Gasteiger partial charge in [0.2, 0.25) is 0 Å². The summed E-state index contributed by atoms with van der Waals surface area (Å²) in [4.78, 5) is 55.7. The Morgan fingerprint density at radius 1 is 0.491 bits per heavy atom. The standard InChI is InChI=1S/C43H18F4O4S4/c1-43(2)19(11-25-34(48)21-3-15-7-27(44)28(45)8-16(15)4-22(21)35(25)49)12-31-33(43)39-41(53-31)42-40(55-39)38-32(54-42)14-20(52-38)13-26-36(50)23-5-17-9-29(46)30(47)10-18(17)6-24(23)37(26)51/h3-14H,1-2H3. The molecule has 4 nitrogen and oxygen atoms in total. The lowest BCUT2D eigenvalue weighted by molar-refractivity contribution is 0.0974. The van der Waals surface area contributed by atoms with E-state index in [0.29, 0.717) is 21.5 Å². The highest BCUT2D eigenvalue weighted by molar-refractivity contribution is 7.44. The second-order valence-electron chi connectivity index (χ2n) is 14.4. The van der Waals surface area contributed by atoms with Gasteiger partial charge >= 0.3 is 0 Å². The molecular weight excluding hydrogens is 785 g/mol. The zero-order valence-corrected chi connectivity index (χ0v) is 31.5. The van der Waals surface area contributed by atoms with Gasteiger partial charge in [-0.25, -0.2) is 17.6 Å². The molecule has 0 saturated carbocycles. The number of rotatable bonds is 2. The van der Waals surface area contributed by atoms with Crippen molar-refractivity contribution in [3.63, 3.8) is 0 Å². The topological polar surface area (TPSA) is 68.3 Å². The van der Waals surface area contributed by atoms with Crippen molar-refractivity contribution in [1.82, 2.24) is 0 Å². The van der Waals surface area contributed by atoms with E-state index in [1.54, 1.807) is 46.2 Å². The number of allylic oxidation sites excluding steroid dienone is 4. The van der Waals surface area contributed by atoms with Crippen molar-refractivity contribution in [2.24, 2.45) is 0 Å². The average Bonchev–Trinajstić information content (AvgIpc) is 3.97. The van der Waals surface area contributed by atoms with Gasteiger partial charge in [0.25, 0.3) is 0 Å². The second kappa shape index (κ2) is 10.9. The first-order chi connectivity index (χ1) is 26.3. The number of fused-ring (bicyclic) bond motifs is 11. The normalized spacial score (nSPS) is 16.1. The zero-order valence-electron chi connectivity index (χ0n) is 28.2. The first-order valence-electron chi connectivity index (χ1n) is 16.9. The predicted molar refractivity (Wildman–Crippen MR) is 213 cm³/mol. The van der Waals surface area contributed by atoms with Crippen molar-refractivity contribution in [2.45, 2.75) is 19.3 Å². The molecule has 3 aliphatic carbocycles. The minimum absolute atomic E-state index is 0.00856. The number of hydrogen-bond donors (Lipinski definition) is 0. The van der Waals surface area contributed by atoms with Crippen molar-refractivity contribution < 1.29 is 36.7 Å². The van der Waals surface area contributed by atoms with Crippen molar-refractivity contribution >= 4 is 130 Å². The lowest BCUT2D eigenvalue weighted by atomic mass is 9.81. The van der Waals surface area contributed by atoms with Gasteiger partial charge in [-0.15, -0.1) is 45.3 Å². The summed E-state index contributed by atoms with van der Waals surface area (Å²) in [6, 6.07) is 11.8. The highest BCUT2D eigenvalue weighted by Crippen LogP contribution is 2.57. The molecular formula is C43H18F4O4S4. The molecule has 55 heavy (non-hydrogen) atoms. The van der Waals surface area contributed by atoms with Crippen LogP contribution < -0.4 is 0 Å². The van der Waals surface area contributed by atoms with Crippen molar-refractivity contribution in [2.75, 3.05) is 0 Å². The lowest BCUT2D eigenvalue weighted by Gasteiger charge is -2.22. The molecule has 0 N–H and O–H groups in total. The fourth-order valence-corrected chi connectivity index (χ4v) is 14.1. The Hall–Kier alpha value is -5.40. The van der Waals surface area contributed by atoms with Gasteiger partial charge in [-0.3, -0.25) is 19.2 Å². The molecule has 8 aromatic rings. The highest BCUT2D eigenvalue weighted by atomic mass is 32.1. The van der Waals surface area contributed by atoms with Crippen LogP contribution in [0.5, 0.6) is 0 Å². The molecule has 0 unspecified atom stereocenters. The number of hydrogen-bond acceptors (Lipinski definition) is 8. The van der Waals surface area contributed by atoms with Gasteiger partial charge in [0.05, 0.1) is 34.6 Å². The average molecular weight is 803 g/mol. The van der Waals surface area contributed by atoms with Gasteiger partial charge in [0.15, 0.2) is 46.4 Å². The van der Waals surface area contributed by atoms with Crippen LogP contribution in [0.1, 0.15) is 70.6 Å². The Morgan fingerprint density at radius 3 is 1.42 bits per heavy atom. The van der Waals surface area contributed by atoms with Crippen LogP contribution in [-0.4, -0.2) is 23.1 Å². The number of thiophene rings is 4. The van der Waals surface area contributed by atoms with Crippen molar-refractivity contribution in [1.29, 1.82) is 0 Å². The number of Topliss-reactive ketones (excluding diaryl/α,β-unsaturated/α-hetero) is 4. The minimum Gasteiger partial charge on any atom is -0.288 e. The summed E-state index contributed by atoms with van der Waals surface area (Å²) in [5.74, 6) is -5.92. The number of carbonyl (C=O) groups excluding carboxylic acids is 4. The van der Waals surface area contributed by atoms with Gasteiger partial charge in [0, 0.05) is 42.1 Å². The van der Waals surface area contributed by atoms with E-state index in [0.717, 1.165) is 73.4 Å². The molecule has 0 radical (unpaired) electrons. The third-order valence-corrected chi connectivity index (χ3v) is 16.1. The molecule has 4 aromatic carbocycles. The van der Waals surface area contributed by atoms with Crippen LogP contribution in [0.2, 0.25) is 0 Å². The smallest absolute Gasteiger partial charge is 0.197 e. The van der Waals surface area contributed by atoms with E-state index in [9.17, 15) is 36.7 Å². The minimum atomic E-state index is -1.03. The second-order valence-corrected chi connectivity index (χ2v) is 18.6. The fraction of sp³-hybridized carbons (Fsp3) is 0.0698. The Bertz CT molecular complexity index is 3240. The first kappa shape index (κ1) is 33.0. The van der Waals surface area contributed by atoms with E-state index in [1.165, 1.54) is 35.6 Å². The van der Waals surface area contributed by atoms with E-state index in [1.807, 2.05) is 12.1 Å². The summed E-state index contributed by atoms with van der Waals surface area (Å²) in [5, 5.41) is 1.35. The van der Waals surface area contributed by atoms with E-state index >= 15 is 0 Å². The molecule has 0 aliphatic heterocycles. The number of carbonyl (C=O) groups is 4. The Morgan fingerprint density at radius 2 is 0.927 bits per heavy atom. The van der Waals surface area contributed by atoms with E-state index < -0.39 is 51.8 Å². The van der Waals surface area contributed by atoms with Crippen LogP contribution in [0.3, 0.4) is 0 Å². The van der Waals surface area contributed by atoms with Crippen LogP contribution in [0, 0.1) is 23.3 Å². The monoisotopic (exact) mass is 802 g/mol. The van der Waals surface area contributed by atoms with E-state index in [4.69, 9.17) is 0 Å². The molecule has 0 atom stereocenters. The summed E-state index contributed by atoms with van der Waals surface area (Å²) in [6.45, 7) is 4.13. The van der Waals surface area contributed by atoms with E-state index in [-0.39, 0.29) is 33.4 Å². The molecule has 3 aliphatic rings. The molecule has 0 amide bonds. The maximum Gasteiger partial charge on any atom is 0.197 e. The van der Waals surface area contributed by atoms with Crippen molar-refractivity contribution in [3.05, 3.63) is 138 Å². The van der Waals surface area contributed by atoms with Crippen LogP contribution >= 0.6 is 45.3 Å². The molecule has 0 spiro atoms. The molecule has 0 fully saturated rings. The van der Waals surface area contributed by atoms with Crippen LogP contribution in [0.25, 0.3) is 61.9 Å². The summed E-state index contributed by atoms with van der Waals surface area (Å²) < 4.78 is 62.3. The van der Waals surface area contributed by atoms with Crippen LogP contribution in [0.4, 0.5) is 17.6 Å². The number of ketones is 4. The molecule has 266 valence electrons. The Balaban J connectivity index is 0.938. The van der Waals surface area contributed by atoms with Gasteiger partial charge in [-0.2, -0.15) is 0 Å². The SMILES string of the molecule is CC1(C)C(C=C2C(=O)c3cc4cc(F)c(F)cc4cc3C2=O)=Cc2sc3c(sc4c5sc(C=C6C(=O)c7cc8cc(F)c(F)cc8cc7C6=O)cc5sc34)c21. The largest absolute Gasteiger partial charge is 0.288 e. The summed E-state index contributed by atoms with van der Waals surface area (Å²) in [6.07, 6.45) is 5.29. The van der Waals surface area contributed by atoms with Gasteiger partial charge in [0.1, 0.15) is 0 Å².